The highest BCUT2D eigenvalue weighted by Crippen LogP contribution is 2.21. The van der Waals surface area contributed by atoms with Gasteiger partial charge in [-0.25, -0.2) is 4.98 Å². The first-order chi connectivity index (χ1) is 13.3. The lowest BCUT2D eigenvalue weighted by molar-refractivity contribution is -0.385. The van der Waals surface area contributed by atoms with Crippen LogP contribution >= 0.6 is 0 Å². The minimum atomic E-state index is -0.669. The van der Waals surface area contributed by atoms with E-state index in [4.69, 9.17) is 0 Å². The van der Waals surface area contributed by atoms with Crippen LogP contribution in [0.5, 0.6) is 0 Å². The number of para-hydroxylation sites is 1. The van der Waals surface area contributed by atoms with Gasteiger partial charge in [-0.2, -0.15) is 9.78 Å². The van der Waals surface area contributed by atoms with E-state index in [-0.39, 0.29) is 28.6 Å². The van der Waals surface area contributed by atoms with E-state index in [0.717, 1.165) is 0 Å². The maximum Gasteiger partial charge on any atom is 0.282 e. The second-order valence-electron chi connectivity index (χ2n) is 6.12. The predicted molar refractivity (Wildman–Crippen MR) is 102 cm³/mol. The number of nitrogens with one attached hydrogen (secondary N) is 2. The van der Waals surface area contributed by atoms with E-state index in [1.54, 1.807) is 19.9 Å². The number of anilines is 1. The largest absolute Gasteiger partial charge is 0.306 e. The Kier molecular flexibility index (Phi) is 5.03. The summed E-state index contributed by atoms with van der Waals surface area (Å²) in [5, 5.41) is 18.0. The lowest BCUT2D eigenvalue weighted by Crippen LogP contribution is -2.22. The van der Waals surface area contributed by atoms with Gasteiger partial charge < -0.3 is 5.32 Å². The van der Waals surface area contributed by atoms with Crippen LogP contribution in [0.25, 0.3) is 5.95 Å². The minimum Gasteiger partial charge on any atom is -0.306 e. The summed E-state index contributed by atoms with van der Waals surface area (Å²) in [7, 11) is 0. The maximum absolute atomic E-state index is 12.6. The van der Waals surface area contributed by atoms with Crippen LogP contribution in [0.4, 0.5) is 11.5 Å². The normalized spacial score (nSPS) is 10.7. The van der Waals surface area contributed by atoms with Crippen LogP contribution in [-0.4, -0.2) is 30.6 Å². The van der Waals surface area contributed by atoms with Gasteiger partial charge in [0.05, 0.1) is 10.6 Å². The number of aryl methyl sites for hydroxylation is 2. The number of H-pyrrole nitrogens is 1. The van der Waals surface area contributed by atoms with Gasteiger partial charge in [0.25, 0.3) is 17.2 Å². The molecule has 28 heavy (non-hydrogen) atoms. The number of nitro benzene ring substituents is 1. The van der Waals surface area contributed by atoms with Crippen molar-refractivity contribution in [1.82, 2.24) is 19.7 Å². The number of rotatable bonds is 5. The van der Waals surface area contributed by atoms with Gasteiger partial charge in [0.2, 0.25) is 5.95 Å². The molecule has 0 aliphatic carbocycles. The summed E-state index contributed by atoms with van der Waals surface area (Å²) in [5.74, 6) is -0.296. The van der Waals surface area contributed by atoms with Crippen molar-refractivity contribution in [2.75, 3.05) is 5.32 Å². The maximum atomic E-state index is 12.6. The minimum absolute atomic E-state index is 0.0862. The quantitative estimate of drug-likeness (QED) is 0.513. The van der Waals surface area contributed by atoms with Crippen molar-refractivity contribution < 1.29 is 9.72 Å². The van der Waals surface area contributed by atoms with Crippen LogP contribution in [0, 0.1) is 24.0 Å². The van der Waals surface area contributed by atoms with Crippen LogP contribution in [0.15, 0.2) is 35.1 Å². The highest BCUT2D eigenvalue weighted by molar-refractivity contribution is 6.06. The fraction of sp³-hybridized carbons (Fsp3) is 0.222. The molecule has 0 unspecified atom stereocenters. The van der Waals surface area contributed by atoms with Crippen LogP contribution in [0.2, 0.25) is 0 Å². The van der Waals surface area contributed by atoms with E-state index < -0.39 is 10.8 Å². The SMILES string of the molecule is CCc1c(C)nc(-n2nc(C)cc2NC(=O)c2ccccc2[N+](=O)[O-])[nH]c1=O. The molecular weight excluding hydrogens is 364 g/mol. The van der Waals surface area contributed by atoms with Gasteiger partial charge in [-0.15, -0.1) is 0 Å². The molecule has 0 atom stereocenters. The number of benzene rings is 1. The Morgan fingerprint density at radius 1 is 1.32 bits per heavy atom. The molecule has 10 heteroatoms. The number of aromatic nitrogens is 4. The Balaban J connectivity index is 2.02. The number of hydrogen-bond acceptors (Lipinski definition) is 6. The van der Waals surface area contributed by atoms with Crippen molar-refractivity contribution in [3.63, 3.8) is 0 Å². The standard InChI is InChI=1S/C18H18N6O4/c1-4-12-11(3)19-18(21-16(12)25)23-15(9-10(2)22-23)20-17(26)13-7-5-6-8-14(13)24(27)28/h5-9H,4H2,1-3H3,(H,20,26)(H,19,21,25). The first-order valence-corrected chi connectivity index (χ1v) is 8.53. The van der Waals surface area contributed by atoms with Gasteiger partial charge in [-0.3, -0.25) is 24.7 Å². The summed E-state index contributed by atoms with van der Waals surface area (Å²) < 4.78 is 1.29. The Morgan fingerprint density at radius 3 is 2.68 bits per heavy atom. The van der Waals surface area contributed by atoms with E-state index in [0.29, 0.717) is 23.4 Å². The van der Waals surface area contributed by atoms with E-state index >= 15 is 0 Å². The van der Waals surface area contributed by atoms with Crippen LogP contribution in [-0.2, 0) is 6.42 Å². The van der Waals surface area contributed by atoms with Gasteiger partial charge >= 0.3 is 0 Å². The Labute approximate surface area is 159 Å². The van der Waals surface area contributed by atoms with Gasteiger partial charge in [0.1, 0.15) is 11.4 Å². The van der Waals surface area contributed by atoms with Crippen molar-refractivity contribution in [1.29, 1.82) is 0 Å². The van der Waals surface area contributed by atoms with E-state index in [2.05, 4.69) is 20.4 Å². The second-order valence-corrected chi connectivity index (χ2v) is 6.12. The summed E-state index contributed by atoms with van der Waals surface area (Å²) in [6.07, 6.45) is 0.536. The molecule has 0 aliphatic heterocycles. The fourth-order valence-electron chi connectivity index (χ4n) is 2.87. The molecule has 10 nitrogen and oxygen atoms in total. The monoisotopic (exact) mass is 382 g/mol. The van der Waals surface area contributed by atoms with E-state index in [1.165, 1.54) is 28.9 Å². The molecule has 0 radical (unpaired) electrons. The van der Waals surface area contributed by atoms with Crippen molar-refractivity contribution in [3.05, 3.63) is 73.3 Å². The van der Waals surface area contributed by atoms with Gasteiger partial charge in [-0.05, 0) is 26.3 Å². The Hall–Kier alpha value is -3.82. The summed E-state index contributed by atoms with van der Waals surface area (Å²) in [4.78, 5) is 42.4. The average molecular weight is 382 g/mol. The van der Waals surface area contributed by atoms with Gasteiger partial charge in [-0.1, -0.05) is 19.1 Å². The van der Waals surface area contributed by atoms with E-state index in [9.17, 15) is 19.7 Å². The van der Waals surface area contributed by atoms with Crippen molar-refractivity contribution in [2.24, 2.45) is 0 Å². The lowest BCUT2D eigenvalue weighted by Gasteiger charge is -2.10. The second kappa shape index (κ2) is 7.43. The molecule has 1 amide bonds. The molecule has 1 aromatic carbocycles. The predicted octanol–water partition coefficient (Wildman–Crippen LogP) is 2.30. The number of nitro groups is 1. The van der Waals surface area contributed by atoms with Crippen LogP contribution < -0.4 is 10.9 Å². The topological polar surface area (TPSA) is 136 Å². The molecule has 3 rings (SSSR count). The zero-order valence-electron chi connectivity index (χ0n) is 15.5. The number of carbonyl (C=O) groups excluding carboxylic acids is 1. The first-order valence-electron chi connectivity index (χ1n) is 8.53. The molecule has 0 fully saturated rings. The number of amides is 1. The molecule has 144 valence electrons. The molecule has 3 aromatic rings. The fourth-order valence-corrected chi connectivity index (χ4v) is 2.87. The molecule has 0 aliphatic rings. The molecule has 0 saturated heterocycles. The third-order valence-corrected chi connectivity index (χ3v) is 4.18. The number of carbonyl (C=O) groups is 1. The molecule has 2 aromatic heterocycles. The molecular formula is C18H18N6O4. The molecule has 2 N–H and O–H groups in total. The summed E-state index contributed by atoms with van der Waals surface area (Å²) in [6, 6.07) is 7.22. The number of aromatic amines is 1. The highest BCUT2D eigenvalue weighted by Gasteiger charge is 2.21. The van der Waals surface area contributed by atoms with Gasteiger partial charge in [0.15, 0.2) is 0 Å². The summed E-state index contributed by atoms with van der Waals surface area (Å²) in [5.41, 5.74) is 1.02. The molecule has 0 saturated carbocycles. The smallest absolute Gasteiger partial charge is 0.282 e. The summed E-state index contributed by atoms with van der Waals surface area (Å²) >= 11 is 0. The molecule has 2 heterocycles. The Morgan fingerprint density at radius 2 is 2.04 bits per heavy atom. The number of hydrogen-bond donors (Lipinski definition) is 2. The molecule has 0 spiro atoms. The van der Waals surface area contributed by atoms with Crippen LogP contribution in [0.1, 0.15) is 34.2 Å². The third kappa shape index (κ3) is 3.52. The Bertz CT molecular complexity index is 1130. The van der Waals surface area contributed by atoms with Crippen LogP contribution in [0.3, 0.4) is 0 Å². The number of nitrogens with zero attached hydrogens (tertiary/aromatic N) is 4. The van der Waals surface area contributed by atoms with E-state index in [1.807, 2.05) is 6.92 Å². The van der Waals surface area contributed by atoms with Gasteiger partial charge in [0, 0.05) is 23.4 Å². The average Bonchev–Trinajstić information content (AvgIpc) is 3.01. The van der Waals surface area contributed by atoms with Crippen molar-refractivity contribution >= 4 is 17.4 Å². The first kappa shape index (κ1) is 19.0. The zero-order chi connectivity index (χ0) is 20.4. The van der Waals surface area contributed by atoms with Crippen molar-refractivity contribution in [3.8, 4) is 5.95 Å². The summed E-state index contributed by atoms with van der Waals surface area (Å²) in [6.45, 7) is 5.29. The third-order valence-electron chi connectivity index (χ3n) is 4.18. The van der Waals surface area contributed by atoms with Crippen molar-refractivity contribution in [2.45, 2.75) is 27.2 Å². The zero-order valence-corrected chi connectivity index (χ0v) is 15.5. The highest BCUT2D eigenvalue weighted by atomic mass is 16.6. The lowest BCUT2D eigenvalue weighted by atomic mass is 10.1. The molecule has 0 bridgehead atoms.